The van der Waals surface area contributed by atoms with Crippen molar-refractivity contribution in [2.75, 3.05) is 13.1 Å². The first-order chi connectivity index (χ1) is 9.13. The maximum atomic E-state index is 12.1. The van der Waals surface area contributed by atoms with Gasteiger partial charge in [0.2, 0.25) is 5.91 Å². The van der Waals surface area contributed by atoms with Gasteiger partial charge in [-0.2, -0.15) is 0 Å². The summed E-state index contributed by atoms with van der Waals surface area (Å²) in [4.78, 5) is 25.7. The number of nitrogens with one attached hydrogen (secondary N) is 2. The van der Waals surface area contributed by atoms with Gasteiger partial charge in [-0.25, -0.2) is 4.79 Å². The fourth-order valence-electron chi connectivity index (χ4n) is 2.43. The van der Waals surface area contributed by atoms with Gasteiger partial charge in [-0.05, 0) is 32.6 Å². The summed E-state index contributed by atoms with van der Waals surface area (Å²) in [6.07, 6.45) is 0.864. The van der Waals surface area contributed by atoms with Gasteiger partial charge in [-0.15, -0.1) is 0 Å². The van der Waals surface area contributed by atoms with E-state index in [1.54, 1.807) is 0 Å². The molecule has 1 saturated heterocycles. The van der Waals surface area contributed by atoms with Crippen molar-refractivity contribution in [3.8, 4) is 0 Å². The van der Waals surface area contributed by atoms with Crippen LogP contribution in [0.15, 0.2) is 0 Å². The molecule has 0 aliphatic carbocycles. The topological polar surface area (TPSA) is 87.5 Å². The molecule has 0 saturated carbocycles. The van der Waals surface area contributed by atoms with Gasteiger partial charge >= 0.3 is 6.03 Å². The number of piperidine rings is 1. The van der Waals surface area contributed by atoms with Gasteiger partial charge in [-0.1, -0.05) is 13.8 Å². The van der Waals surface area contributed by atoms with Crippen LogP contribution in [0.2, 0.25) is 0 Å². The molecule has 1 aliphatic rings. The summed E-state index contributed by atoms with van der Waals surface area (Å²) in [7, 11) is 0. The summed E-state index contributed by atoms with van der Waals surface area (Å²) >= 11 is 0. The number of likely N-dealkylation sites (tertiary alicyclic amines) is 1. The molecule has 3 amide bonds. The van der Waals surface area contributed by atoms with Gasteiger partial charge in [-0.3, -0.25) is 15.0 Å². The number of imide groups is 1. The summed E-state index contributed by atoms with van der Waals surface area (Å²) in [5.74, 6) is -0.269. The van der Waals surface area contributed by atoms with Gasteiger partial charge in [0, 0.05) is 25.2 Å². The molecule has 1 rings (SSSR count). The van der Waals surface area contributed by atoms with Crippen LogP contribution in [0.25, 0.3) is 0 Å². The minimum Gasteiger partial charge on any atom is -0.336 e. The molecule has 6 heteroatoms. The molecular weight excluding hydrogens is 256 g/mol. The zero-order chi connectivity index (χ0) is 15.5. The van der Waals surface area contributed by atoms with E-state index < -0.39 is 6.03 Å². The number of amides is 3. The predicted molar refractivity (Wildman–Crippen MR) is 79.2 cm³/mol. The highest BCUT2D eigenvalue weighted by Crippen LogP contribution is 2.28. The Balaban J connectivity index is 2.55. The van der Waals surface area contributed by atoms with Crippen LogP contribution in [0.4, 0.5) is 4.79 Å². The Kier molecular flexibility index (Phi) is 5.53. The minimum atomic E-state index is -0.440. The molecule has 1 fully saturated rings. The van der Waals surface area contributed by atoms with Crippen LogP contribution in [0.3, 0.4) is 0 Å². The molecule has 0 aromatic rings. The van der Waals surface area contributed by atoms with Crippen LogP contribution < -0.4 is 16.4 Å². The molecule has 4 N–H and O–H groups in total. The number of nitrogens with two attached hydrogens (primary N) is 1. The zero-order valence-corrected chi connectivity index (χ0v) is 13.2. The number of nitrogens with zero attached hydrogens (tertiary/aromatic N) is 1. The van der Waals surface area contributed by atoms with Gasteiger partial charge in [0.1, 0.15) is 0 Å². The van der Waals surface area contributed by atoms with E-state index >= 15 is 0 Å². The highest BCUT2D eigenvalue weighted by atomic mass is 16.2. The minimum absolute atomic E-state index is 0.00465. The van der Waals surface area contributed by atoms with E-state index in [9.17, 15) is 9.59 Å². The monoisotopic (exact) mass is 284 g/mol. The molecule has 1 heterocycles. The standard InChI is InChI=1S/C14H28N4O2/c1-9(2)16-13(20)17-12(19)10(3)18-7-6-11(15)14(4,5)8-18/h9-11H,6-8,15H2,1-5H3,(H2,16,17,19,20). The van der Waals surface area contributed by atoms with E-state index in [-0.39, 0.29) is 29.4 Å². The van der Waals surface area contributed by atoms with Crippen molar-refractivity contribution < 1.29 is 9.59 Å². The molecule has 0 bridgehead atoms. The van der Waals surface area contributed by atoms with E-state index in [0.29, 0.717) is 0 Å². The second-order valence-corrected chi connectivity index (χ2v) is 6.65. The second-order valence-electron chi connectivity index (χ2n) is 6.65. The van der Waals surface area contributed by atoms with E-state index in [2.05, 4.69) is 29.4 Å². The van der Waals surface area contributed by atoms with Crippen molar-refractivity contribution in [2.45, 2.75) is 59.2 Å². The molecule has 0 aromatic carbocycles. The number of hydrogen-bond acceptors (Lipinski definition) is 4. The molecule has 116 valence electrons. The maximum absolute atomic E-state index is 12.1. The number of carbonyl (C=O) groups excluding carboxylic acids is 2. The lowest BCUT2D eigenvalue weighted by Crippen LogP contribution is -2.58. The van der Waals surface area contributed by atoms with E-state index in [0.717, 1.165) is 19.5 Å². The van der Waals surface area contributed by atoms with Crippen LogP contribution in [0.1, 0.15) is 41.0 Å². The molecular formula is C14H28N4O2. The molecule has 6 nitrogen and oxygen atoms in total. The summed E-state index contributed by atoms with van der Waals surface area (Å²) in [6.45, 7) is 11.3. The Morgan fingerprint density at radius 1 is 1.30 bits per heavy atom. The Labute approximate surface area is 121 Å². The number of rotatable bonds is 3. The average molecular weight is 284 g/mol. The van der Waals surface area contributed by atoms with E-state index in [1.165, 1.54) is 0 Å². The maximum Gasteiger partial charge on any atom is 0.321 e. The summed E-state index contributed by atoms with van der Waals surface area (Å²) in [6, 6.07) is -0.618. The predicted octanol–water partition coefficient (Wildman–Crippen LogP) is 0.668. The number of urea groups is 1. The Morgan fingerprint density at radius 2 is 1.90 bits per heavy atom. The van der Waals surface area contributed by atoms with Crippen molar-refractivity contribution in [1.82, 2.24) is 15.5 Å². The fraction of sp³-hybridized carbons (Fsp3) is 0.857. The third-order valence-electron chi connectivity index (χ3n) is 3.93. The van der Waals surface area contributed by atoms with Crippen molar-refractivity contribution >= 4 is 11.9 Å². The first kappa shape index (κ1) is 16.9. The third-order valence-corrected chi connectivity index (χ3v) is 3.93. The molecule has 20 heavy (non-hydrogen) atoms. The van der Waals surface area contributed by atoms with Gasteiger partial charge < -0.3 is 11.1 Å². The second kappa shape index (κ2) is 6.54. The first-order valence-corrected chi connectivity index (χ1v) is 7.24. The largest absolute Gasteiger partial charge is 0.336 e. The smallest absolute Gasteiger partial charge is 0.321 e. The SMILES string of the molecule is CC(C)NC(=O)NC(=O)C(C)N1CCC(N)C(C)(C)C1. The van der Waals surface area contributed by atoms with Gasteiger partial charge in [0.05, 0.1) is 6.04 Å². The Hall–Kier alpha value is -1.14. The van der Waals surface area contributed by atoms with E-state index in [4.69, 9.17) is 5.73 Å². The highest BCUT2D eigenvalue weighted by Gasteiger charge is 2.36. The average Bonchev–Trinajstić information content (AvgIpc) is 2.30. The summed E-state index contributed by atoms with van der Waals surface area (Å²) < 4.78 is 0. The molecule has 0 radical (unpaired) electrons. The molecule has 0 spiro atoms. The highest BCUT2D eigenvalue weighted by molar-refractivity contribution is 5.96. The summed E-state index contributed by atoms with van der Waals surface area (Å²) in [5.41, 5.74) is 6.07. The zero-order valence-electron chi connectivity index (χ0n) is 13.2. The molecule has 2 atom stereocenters. The van der Waals surface area contributed by atoms with Crippen LogP contribution in [0.5, 0.6) is 0 Å². The lowest BCUT2D eigenvalue weighted by Gasteiger charge is -2.44. The first-order valence-electron chi connectivity index (χ1n) is 7.24. The summed E-state index contributed by atoms with van der Waals surface area (Å²) in [5, 5.41) is 5.03. The van der Waals surface area contributed by atoms with Crippen LogP contribution in [0, 0.1) is 5.41 Å². The van der Waals surface area contributed by atoms with Crippen LogP contribution in [-0.2, 0) is 4.79 Å². The quantitative estimate of drug-likeness (QED) is 0.711. The lowest BCUT2D eigenvalue weighted by molar-refractivity contribution is -0.126. The fourth-order valence-corrected chi connectivity index (χ4v) is 2.43. The Bertz CT molecular complexity index is 368. The van der Waals surface area contributed by atoms with Crippen molar-refractivity contribution in [3.63, 3.8) is 0 Å². The molecule has 2 unspecified atom stereocenters. The van der Waals surface area contributed by atoms with Gasteiger partial charge in [0.25, 0.3) is 0 Å². The van der Waals surface area contributed by atoms with Crippen molar-refractivity contribution in [1.29, 1.82) is 0 Å². The Morgan fingerprint density at radius 3 is 2.40 bits per heavy atom. The molecule has 0 aromatic heterocycles. The lowest BCUT2D eigenvalue weighted by atomic mass is 9.79. The third kappa shape index (κ3) is 4.45. The molecule has 1 aliphatic heterocycles. The van der Waals surface area contributed by atoms with Crippen LogP contribution >= 0.6 is 0 Å². The number of hydrogen-bond donors (Lipinski definition) is 3. The van der Waals surface area contributed by atoms with Crippen molar-refractivity contribution in [3.05, 3.63) is 0 Å². The van der Waals surface area contributed by atoms with Crippen LogP contribution in [-0.4, -0.2) is 48.1 Å². The van der Waals surface area contributed by atoms with E-state index in [1.807, 2.05) is 20.8 Å². The number of carbonyl (C=O) groups is 2. The normalized spacial score (nSPS) is 24.2. The van der Waals surface area contributed by atoms with Crippen molar-refractivity contribution in [2.24, 2.45) is 11.1 Å². The van der Waals surface area contributed by atoms with Gasteiger partial charge in [0.15, 0.2) is 0 Å².